The van der Waals surface area contributed by atoms with Crippen molar-refractivity contribution in [3.8, 4) is 0 Å². The summed E-state index contributed by atoms with van der Waals surface area (Å²) in [5.41, 5.74) is 0. The van der Waals surface area contributed by atoms with Gasteiger partial charge in [-0.05, 0) is 25.7 Å². The van der Waals surface area contributed by atoms with Gasteiger partial charge in [-0.25, -0.2) is 0 Å². The van der Waals surface area contributed by atoms with E-state index in [4.69, 9.17) is 5.11 Å². The van der Waals surface area contributed by atoms with Gasteiger partial charge in [0.15, 0.2) is 0 Å². The summed E-state index contributed by atoms with van der Waals surface area (Å²) in [5, 5.41) is 8.97. The van der Waals surface area contributed by atoms with Crippen LogP contribution in [0, 0.1) is 0 Å². The van der Waals surface area contributed by atoms with Crippen LogP contribution in [-0.4, -0.2) is 53.3 Å². The van der Waals surface area contributed by atoms with E-state index in [1.54, 1.807) is 0 Å². The molecule has 1 aromatic heterocycles. The molecule has 0 amide bonds. The molecule has 1 saturated carbocycles. The number of aliphatic hydroxyl groups is 1. The number of nitrogens with zero attached hydrogens (tertiary/aromatic N) is 5. The highest BCUT2D eigenvalue weighted by molar-refractivity contribution is 5.40. The fraction of sp³-hybridized carbons (Fsp3) is 0.800. The first-order valence-corrected chi connectivity index (χ1v) is 7.83. The predicted molar refractivity (Wildman–Crippen MR) is 84.9 cm³/mol. The molecule has 0 atom stereocenters. The highest BCUT2D eigenvalue weighted by Gasteiger charge is 2.31. The Morgan fingerprint density at radius 2 is 1.76 bits per heavy atom. The topological polar surface area (TPSA) is 65.4 Å². The van der Waals surface area contributed by atoms with Crippen LogP contribution in [-0.2, 0) is 0 Å². The lowest BCUT2D eigenvalue weighted by atomic mass is 10.2. The molecule has 0 spiro atoms. The summed E-state index contributed by atoms with van der Waals surface area (Å²) < 4.78 is 0. The van der Waals surface area contributed by atoms with Crippen LogP contribution in [0.15, 0.2) is 0 Å². The average molecular weight is 293 g/mol. The molecule has 1 aliphatic carbocycles. The normalized spacial score (nSPS) is 14.6. The number of aromatic nitrogens is 3. The number of aliphatic hydroxyl groups excluding tert-OH is 1. The predicted octanol–water partition coefficient (Wildman–Crippen LogP) is 1.80. The Balaban J connectivity index is 2.25. The Morgan fingerprint density at radius 1 is 1.10 bits per heavy atom. The van der Waals surface area contributed by atoms with Crippen molar-refractivity contribution in [2.45, 2.75) is 51.5 Å². The Morgan fingerprint density at radius 3 is 2.29 bits per heavy atom. The van der Waals surface area contributed by atoms with Crippen molar-refractivity contribution in [3.05, 3.63) is 5.82 Å². The summed E-state index contributed by atoms with van der Waals surface area (Å²) in [6, 6.07) is 0.557. The molecule has 1 aromatic rings. The number of unbranched alkanes of at least 4 members (excludes halogenated alkanes) is 1. The lowest BCUT2D eigenvalue weighted by Gasteiger charge is -2.24. The quantitative estimate of drug-likeness (QED) is 0.737. The fourth-order valence-corrected chi connectivity index (χ4v) is 2.18. The van der Waals surface area contributed by atoms with Crippen LogP contribution < -0.4 is 9.80 Å². The first kappa shape index (κ1) is 15.9. The molecule has 2 rings (SSSR count). The molecular weight excluding hydrogens is 266 g/mol. The van der Waals surface area contributed by atoms with Crippen molar-refractivity contribution in [2.75, 3.05) is 37.0 Å². The fourth-order valence-electron chi connectivity index (χ4n) is 2.18. The molecule has 0 bridgehead atoms. The molecule has 1 heterocycles. The van der Waals surface area contributed by atoms with Crippen LogP contribution in [0.2, 0.25) is 0 Å². The van der Waals surface area contributed by atoms with Crippen LogP contribution in [0.3, 0.4) is 0 Å². The zero-order chi connectivity index (χ0) is 15.4. The van der Waals surface area contributed by atoms with E-state index >= 15 is 0 Å². The molecule has 6 nitrogen and oxygen atoms in total. The van der Waals surface area contributed by atoms with Crippen molar-refractivity contribution in [1.82, 2.24) is 15.0 Å². The van der Waals surface area contributed by atoms with E-state index in [-0.39, 0.29) is 12.5 Å². The van der Waals surface area contributed by atoms with Crippen molar-refractivity contribution >= 4 is 11.9 Å². The Bertz CT molecular complexity index is 433. The zero-order valence-electron chi connectivity index (χ0n) is 13.6. The molecule has 1 aliphatic rings. The summed E-state index contributed by atoms with van der Waals surface area (Å²) in [7, 11) is 3.91. The third-order valence-corrected chi connectivity index (χ3v) is 3.60. The Labute approximate surface area is 127 Å². The van der Waals surface area contributed by atoms with E-state index in [1.807, 2.05) is 19.0 Å². The molecule has 1 N–H and O–H groups in total. The number of anilines is 2. The lowest BCUT2D eigenvalue weighted by molar-refractivity contribution is 0.285. The van der Waals surface area contributed by atoms with Gasteiger partial charge < -0.3 is 14.9 Å². The Hall–Kier alpha value is -1.43. The first-order chi connectivity index (χ1) is 10.0. The number of rotatable bonds is 8. The molecule has 0 aromatic carbocycles. The van der Waals surface area contributed by atoms with Gasteiger partial charge >= 0.3 is 0 Å². The number of hydrogen-bond donors (Lipinski definition) is 1. The van der Waals surface area contributed by atoms with Gasteiger partial charge in [-0.2, -0.15) is 15.0 Å². The van der Waals surface area contributed by atoms with E-state index in [0.717, 1.165) is 37.1 Å². The Kier molecular flexibility index (Phi) is 5.33. The van der Waals surface area contributed by atoms with Crippen LogP contribution in [0.4, 0.5) is 11.9 Å². The second-order valence-electron chi connectivity index (χ2n) is 6.20. The van der Waals surface area contributed by atoms with E-state index in [0.29, 0.717) is 6.04 Å². The van der Waals surface area contributed by atoms with Crippen LogP contribution in [0.1, 0.15) is 51.3 Å². The third-order valence-electron chi connectivity index (χ3n) is 3.60. The highest BCUT2D eigenvalue weighted by Crippen LogP contribution is 2.31. The molecule has 6 heteroatoms. The van der Waals surface area contributed by atoms with Crippen molar-refractivity contribution in [3.63, 3.8) is 0 Å². The van der Waals surface area contributed by atoms with E-state index in [9.17, 15) is 0 Å². The second kappa shape index (κ2) is 7.02. The minimum absolute atomic E-state index is 0.246. The molecule has 21 heavy (non-hydrogen) atoms. The highest BCUT2D eigenvalue weighted by atomic mass is 16.2. The third kappa shape index (κ3) is 4.27. The van der Waals surface area contributed by atoms with E-state index in [2.05, 4.69) is 33.7 Å². The van der Waals surface area contributed by atoms with Gasteiger partial charge in [-0.15, -0.1) is 0 Å². The maximum absolute atomic E-state index is 8.97. The summed E-state index contributed by atoms with van der Waals surface area (Å²) in [6.07, 6.45) is 4.21. The van der Waals surface area contributed by atoms with Gasteiger partial charge in [0.25, 0.3) is 0 Å². The molecule has 1 fully saturated rings. The van der Waals surface area contributed by atoms with Crippen molar-refractivity contribution in [2.24, 2.45) is 0 Å². The van der Waals surface area contributed by atoms with E-state index in [1.165, 1.54) is 12.8 Å². The molecule has 0 aliphatic heterocycles. The van der Waals surface area contributed by atoms with Crippen LogP contribution >= 0.6 is 0 Å². The molecule has 118 valence electrons. The van der Waals surface area contributed by atoms with Gasteiger partial charge in [0.1, 0.15) is 5.82 Å². The largest absolute Gasteiger partial charge is 0.396 e. The van der Waals surface area contributed by atoms with Crippen molar-refractivity contribution in [1.29, 1.82) is 0 Å². The standard InChI is InChI=1S/C15H27N5O/c1-11(2)13-16-14(19(3)4)18-15(17-13)20(12-7-8-12)9-5-6-10-21/h11-12,21H,5-10H2,1-4H3. The van der Waals surface area contributed by atoms with Gasteiger partial charge in [0.05, 0.1) is 0 Å². The average Bonchev–Trinajstić information content (AvgIpc) is 3.27. The number of hydrogen-bond acceptors (Lipinski definition) is 6. The first-order valence-electron chi connectivity index (χ1n) is 7.83. The van der Waals surface area contributed by atoms with Gasteiger partial charge in [-0.1, -0.05) is 13.8 Å². The minimum atomic E-state index is 0.246. The SMILES string of the molecule is CC(C)c1nc(N(C)C)nc(N(CCCCO)C2CC2)n1. The lowest BCUT2D eigenvalue weighted by Crippen LogP contribution is -2.30. The summed E-state index contributed by atoms with van der Waals surface area (Å²) >= 11 is 0. The molecular formula is C15H27N5O. The maximum atomic E-state index is 8.97. The molecule has 0 radical (unpaired) electrons. The zero-order valence-corrected chi connectivity index (χ0v) is 13.6. The van der Waals surface area contributed by atoms with Gasteiger partial charge in [-0.3, -0.25) is 0 Å². The van der Waals surface area contributed by atoms with Gasteiger partial charge in [0, 0.05) is 39.2 Å². The smallest absolute Gasteiger partial charge is 0.230 e. The summed E-state index contributed by atoms with van der Waals surface area (Å²) in [5.74, 6) is 2.63. The summed E-state index contributed by atoms with van der Waals surface area (Å²) in [6.45, 7) is 5.35. The second-order valence-corrected chi connectivity index (χ2v) is 6.20. The maximum Gasteiger partial charge on any atom is 0.230 e. The molecule has 0 saturated heterocycles. The van der Waals surface area contributed by atoms with Crippen LogP contribution in [0.5, 0.6) is 0 Å². The monoisotopic (exact) mass is 293 g/mol. The van der Waals surface area contributed by atoms with Crippen LogP contribution in [0.25, 0.3) is 0 Å². The van der Waals surface area contributed by atoms with Gasteiger partial charge in [0.2, 0.25) is 11.9 Å². The van der Waals surface area contributed by atoms with Crippen molar-refractivity contribution < 1.29 is 5.11 Å². The summed E-state index contributed by atoms with van der Waals surface area (Å²) in [4.78, 5) is 18.0. The van der Waals surface area contributed by atoms with E-state index < -0.39 is 0 Å². The molecule has 0 unspecified atom stereocenters. The minimum Gasteiger partial charge on any atom is -0.396 e.